The summed E-state index contributed by atoms with van der Waals surface area (Å²) in [4.78, 5) is 12.2. The smallest absolute Gasteiger partial charge is 0.231 e. The third-order valence-corrected chi connectivity index (χ3v) is 3.45. The number of carbonyl (C=O) groups is 1. The zero-order chi connectivity index (χ0) is 13.9. The number of amides is 1. The second kappa shape index (κ2) is 5.61. The van der Waals surface area contributed by atoms with Gasteiger partial charge >= 0.3 is 0 Å². The molecule has 1 aliphatic rings. The molecule has 104 valence electrons. The van der Waals surface area contributed by atoms with Gasteiger partial charge in [-0.3, -0.25) is 4.79 Å². The van der Waals surface area contributed by atoms with Crippen LogP contribution in [0, 0.1) is 0 Å². The van der Waals surface area contributed by atoms with E-state index < -0.39 is 5.60 Å². The predicted molar refractivity (Wildman–Crippen MR) is 73.2 cm³/mol. The van der Waals surface area contributed by atoms with Gasteiger partial charge in [-0.05, 0) is 19.4 Å². The highest BCUT2D eigenvalue weighted by molar-refractivity contribution is 5.85. The third-order valence-electron chi connectivity index (χ3n) is 3.45. The summed E-state index contributed by atoms with van der Waals surface area (Å²) < 4.78 is 5.49. The first-order chi connectivity index (χ1) is 9.03. The van der Waals surface area contributed by atoms with Crippen molar-refractivity contribution in [2.24, 2.45) is 0 Å². The Labute approximate surface area is 113 Å². The molecular weight excluding hydrogens is 242 g/mol. The summed E-state index contributed by atoms with van der Waals surface area (Å²) in [5.41, 5.74) is 0.0822. The normalized spacial score (nSPS) is 20.3. The summed E-state index contributed by atoms with van der Waals surface area (Å²) >= 11 is 0. The summed E-state index contributed by atoms with van der Waals surface area (Å²) in [6.07, 6.45) is 1.56. The Morgan fingerprint density at radius 3 is 3.00 bits per heavy atom. The lowest BCUT2D eigenvalue weighted by molar-refractivity contribution is -0.124. The van der Waals surface area contributed by atoms with E-state index in [2.05, 4.69) is 5.32 Å². The maximum absolute atomic E-state index is 12.2. The van der Waals surface area contributed by atoms with Gasteiger partial charge in [-0.15, -0.1) is 0 Å². The molecule has 0 aliphatic carbocycles. The minimum atomic E-state index is -0.844. The topological polar surface area (TPSA) is 58.6 Å². The van der Waals surface area contributed by atoms with Crippen molar-refractivity contribution in [3.8, 4) is 5.75 Å². The van der Waals surface area contributed by atoms with E-state index in [1.807, 2.05) is 31.2 Å². The van der Waals surface area contributed by atoms with Gasteiger partial charge in [0.15, 0.2) is 0 Å². The Balaban J connectivity index is 1.95. The zero-order valence-corrected chi connectivity index (χ0v) is 11.5. The van der Waals surface area contributed by atoms with Crippen LogP contribution in [0.4, 0.5) is 0 Å². The first-order valence-corrected chi connectivity index (χ1v) is 6.75. The van der Waals surface area contributed by atoms with Gasteiger partial charge < -0.3 is 15.2 Å². The molecular formula is C15H21NO3. The van der Waals surface area contributed by atoms with Gasteiger partial charge in [-0.25, -0.2) is 0 Å². The summed E-state index contributed by atoms with van der Waals surface area (Å²) in [5, 5.41) is 12.9. The minimum absolute atomic E-state index is 0.0821. The number of fused-ring (bicyclic) bond motifs is 1. The molecule has 0 saturated carbocycles. The van der Waals surface area contributed by atoms with Gasteiger partial charge in [0.1, 0.15) is 18.3 Å². The molecule has 2 atom stereocenters. The molecule has 2 N–H and O–H groups in total. The predicted octanol–water partition coefficient (Wildman–Crippen LogP) is 1.83. The molecule has 19 heavy (non-hydrogen) atoms. The molecule has 4 nitrogen and oxygen atoms in total. The van der Waals surface area contributed by atoms with E-state index >= 15 is 0 Å². The molecule has 1 aromatic carbocycles. The SMILES string of the molecule is CCCC(C)(O)CNC(=O)C1COc2ccccc21. The van der Waals surface area contributed by atoms with Crippen molar-refractivity contribution in [2.45, 2.75) is 38.2 Å². The maximum Gasteiger partial charge on any atom is 0.231 e. The molecule has 0 radical (unpaired) electrons. The van der Waals surface area contributed by atoms with Crippen LogP contribution in [-0.2, 0) is 4.79 Å². The maximum atomic E-state index is 12.2. The second-order valence-corrected chi connectivity index (χ2v) is 5.37. The summed E-state index contributed by atoms with van der Waals surface area (Å²) in [5.74, 6) is 0.429. The Morgan fingerprint density at radius 2 is 2.26 bits per heavy atom. The average molecular weight is 263 g/mol. The van der Waals surface area contributed by atoms with Crippen molar-refractivity contribution in [3.05, 3.63) is 29.8 Å². The van der Waals surface area contributed by atoms with Crippen molar-refractivity contribution >= 4 is 5.91 Å². The number of nitrogens with one attached hydrogen (secondary N) is 1. The lowest BCUT2D eigenvalue weighted by Crippen LogP contribution is -2.42. The van der Waals surface area contributed by atoms with E-state index in [1.54, 1.807) is 6.92 Å². The van der Waals surface area contributed by atoms with Crippen LogP contribution in [0.5, 0.6) is 5.75 Å². The van der Waals surface area contributed by atoms with Gasteiger partial charge in [-0.2, -0.15) is 0 Å². The molecule has 4 heteroatoms. The van der Waals surface area contributed by atoms with E-state index in [0.29, 0.717) is 13.0 Å². The molecule has 0 spiro atoms. The molecule has 0 aromatic heterocycles. The Bertz CT molecular complexity index is 456. The fraction of sp³-hybridized carbons (Fsp3) is 0.533. The lowest BCUT2D eigenvalue weighted by atomic mass is 9.98. The van der Waals surface area contributed by atoms with E-state index in [1.165, 1.54) is 0 Å². The van der Waals surface area contributed by atoms with Crippen molar-refractivity contribution in [1.29, 1.82) is 0 Å². The highest BCUT2D eigenvalue weighted by Crippen LogP contribution is 2.33. The van der Waals surface area contributed by atoms with Crippen LogP contribution in [0.1, 0.15) is 38.2 Å². The number of benzene rings is 1. The largest absolute Gasteiger partial charge is 0.492 e. The minimum Gasteiger partial charge on any atom is -0.492 e. The van der Waals surface area contributed by atoms with Gasteiger partial charge in [0.25, 0.3) is 0 Å². The van der Waals surface area contributed by atoms with Gasteiger partial charge in [0.2, 0.25) is 5.91 Å². The van der Waals surface area contributed by atoms with Gasteiger partial charge in [0, 0.05) is 12.1 Å². The quantitative estimate of drug-likeness (QED) is 0.852. The third kappa shape index (κ3) is 3.26. The molecule has 0 bridgehead atoms. The van der Waals surface area contributed by atoms with Crippen LogP contribution in [0.3, 0.4) is 0 Å². The van der Waals surface area contributed by atoms with Gasteiger partial charge in [-0.1, -0.05) is 31.5 Å². The number of para-hydroxylation sites is 1. The van der Waals surface area contributed by atoms with E-state index in [9.17, 15) is 9.90 Å². The van der Waals surface area contributed by atoms with Crippen molar-refractivity contribution in [2.75, 3.05) is 13.2 Å². The average Bonchev–Trinajstić information content (AvgIpc) is 2.80. The fourth-order valence-electron chi connectivity index (χ4n) is 2.41. The molecule has 1 aromatic rings. The Hall–Kier alpha value is -1.55. The number of ether oxygens (including phenoxy) is 1. The molecule has 1 heterocycles. The van der Waals surface area contributed by atoms with E-state index in [-0.39, 0.29) is 18.4 Å². The van der Waals surface area contributed by atoms with Crippen LogP contribution >= 0.6 is 0 Å². The molecule has 2 rings (SSSR count). The molecule has 0 saturated heterocycles. The van der Waals surface area contributed by atoms with Crippen LogP contribution in [0.15, 0.2) is 24.3 Å². The summed E-state index contributed by atoms with van der Waals surface area (Å²) in [6.45, 7) is 4.41. The Morgan fingerprint density at radius 1 is 1.53 bits per heavy atom. The van der Waals surface area contributed by atoms with Crippen LogP contribution in [-0.4, -0.2) is 29.8 Å². The number of hydrogen-bond acceptors (Lipinski definition) is 3. The number of hydrogen-bond donors (Lipinski definition) is 2. The zero-order valence-electron chi connectivity index (χ0n) is 11.5. The Kier molecular flexibility index (Phi) is 4.10. The fourth-order valence-corrected chi connectivity index (χ4v) is 2.41. The monoisotopic (exact) mass is 263 g/mol. The van der Waals surface area contributed by atoms with E-state index in [4.69, 9.17) is 4.74 Å². The molecule has 2 unspecified atom stereocenters. The van der Waals surface area contributed by atoms with Crippen molar-refractivity contribution < 1.29 is 14.6 Å². The van der Waals surface area contributed by atoms with Gasteiger partial charge in [0.05, 0.1) is 5.60 Å². The highest BCUT2D eigenvalue weighted by atomic mass is 16.5. The summed E-state index contributed by atoms with van der Waals surface area (Å²) in [7, 11) is 0. The van der Waals surface area contributed by atoms with Crippen LogP contribution < -0.4 is 10.1 Å². The molecule has 1 amide bonds. The molecule has 1 aliphatic heterocycles. The lowest BCUT2D eigenvalue weighted by Gasteiger charge is -2.23. The van der Waals surface area contributed by atoms with Crippen LogP contribution in [0.25, 0.3) is 0 Å². The number of rotatable bonds is 5. The first-order valence-electron chi connectivity index (χ1n) is 6.75. The highest BCUT2D eigenvalue weighted by Gasteiger charge is 2.31. The summed E-state index contributed by atoms with van der Waals surface area (Å²) in [6, 6.07) is 7.58. The first kappa shape index (κ1) is 13.9. The molecule has 0 fully saturated rings. The van der Waals surface area contributed by atoms with Crippen LogP contribution in [0.2, 0.25) is 0 Å². The number of aliphatic hydroxyl groups is 1. The standard InChI is InChI=1S/C15H21NO3/c1-3-8-15(2,18)10-16-14(17)12-9-19-13-7-5-4-6-11(12)13/h4-7,12,18H,3,8-10H2,1-2H3,(H,16,17). The van der Waals surface area contributed by atoms with Crippen molar-refractivity contribution in [3.63, 3.8) is 0 Å². The van der Waals surface area contributed by atoms with Crippen molar-refractivity contribution in [1.82, 2.24) is 5.32 Å². The number of carbonyl (C=O) groups excluding carboxylic acids is 1. The van der Waals surface area contributed by atoms with E-state index in [0.717, 1.165) is 17.7 Å². The second-order valence-electron chi connectivity index (χ2n) is 5.37.